The fraction of sp³-hybridized carbons (Fsp3) is 0.588. The highest BCUT2D eigenvalue weighted by atomic mass is 32.1. The first kappa shape index (κ1) is 21.0. The van der Waals surface area contributed by atoms with Gasteiger partial charge in [0.15, 0.2) is 0 Å². The number of nitrogens with zero attached hydrogens (tertiary/aromatic N) is 1. The topological polar surface area (TPSA) is 58.4 Å². The zero-order chi connectivity index (χ0) is 17.1. The Morgan fingerprint density at radius 1 is 1.36 bits per heavy atom. The zero-order valence-corrected chi connectivity index (χ0v) is 15.4. The van der Waals surface area contributed by atoms with Crippen LogP contribution < -0.4 is 11.1 Å². The molecule has 1 atom stereocenters. The lowest BCUT2D eigenvalue weighted by molar-refractivity contribution is 0.0963. The minimum Gasteiger partial charge on any atom is -0.355 e. The van der Waals surface area contributed by atoms with Crippen molar-refractivity contribution in [2.45, 2.75) is 31.4 Å². The highest BCUT2D eigenvalue weighted by Gasteiger charge is 2.09. The van der Waals surface area contributed by atoms with Gasteiger partial charge in [-0.25, -0.2) is 0 Å². The predicted octanol–water partition coefficient (Wildman–Crippen LogP) is 2.11. The zero-order valence-electron chi connectivity index (χ0n) is 14.5. The maximum atomic E-state index is 11.5. The molecule has 1 aromatic rings. The van der Waals surface area contributed by atoms with Gasteiger partial charge in [0.05, 0.1) is 0 Å². The first-order valence-corrected chi connectivity index (χ1v) is 8.14. The Morgan fingerprint density at radius 3 is 2.41 bits per heavy atom. The standard InChI is InChI=1S/C14H22N2OS.C3H9N/c1-10-8-12(14(17)16-2)6-5-11(10)9-13(18)4-3-7-15;1-4(2)3/h5-6,8,13,18H,3-4,7,9,15H2,1-2H3,(H,16,17);1-3H3. The van der Waals surface area contributed by atoms with Crippen LogP contribution in [0.15, 0.2) is 18.2 Å². The Morgan fingerprint density at radius 2 is 1.95 bits per heavy atom. The summed E-state index contributed by atoms with van der Waals surface area (Å²) in [5.41, 5.74) is 8.59. The molecule has 0 aliphatic carbocycles. The van der Waals surface area contributed by atoms with E-state index in [9.17, 15) is 4.79 Å². The number of nitrogens with one attached hydrogen (secondary N) is 1. The lowest BCUT2D eigenvalue weighted by Gasteiger charge is -2.13. The van der Waals surface area contributed by atoms with Crippen LogP contribution in [0.2, 0.25) is 0 Å². The molecule has 0 aliphatic heterocycles. The van der Waals surface area contributed by atoms with Crippen molar-refractivity contribution in [2.75, 3.05) is 34.7 Å². The van der Waals surface area contributed by atoms with Crippen LogP contribution in [0, 0.1) is 6.92 Å². The fourth-order valence-corrected chi connectivity index (χ4v) is 2.30. The Balaban J connectivity index is 0.000000980. The van der Waals surface area contributed by atoms with Gasteiger partial charge in [0.2, 0.25) is 0 Å². The molecule has 0 bridgehead atoms. The average molecular weight is 326 g/mol. The smallest absolute Gasteiger partial charge is 0.251 e. The van der Waals surface area contributed by atoms with Gasteiger partial charge in [0, 0.05) is 17.9 Å². The Kier molecular flexibility index (Phi) is 11.0. The molecule has 0 aliphatic rings. The molecule has 0 saturated carbocycles. The minimum atomic E-state index is -0.0461. The average Bonchev–Trinajstić information content (AvgIpc) is 2.45. The van der Waals surface area contributed by atoms with E-state index in [1.54, 1.807) is 7.05 Å². The number of amides is 1. The van der Waals surface area contributed by atoms with Crippen LogP contribution in [0.3, 0.4) is 0 Å². The summed E-state index contributed by atoms with van der Waals surface area (Å²) in [5, 5.41) is 2.96. The van der Waals surface area contributed by atoms with Gasteiger partial charge in [-0.3, -0.25) is 4.79 Å². The predicted molar refractivity (Wildman–Crippen MR) is 98.9 cm³/mol. The molecule has 3 N–H and O–H groups in total. The minimum absolute atomic E-state index is 0.0461. The SMILES string of the molecule is CN(C)C.CNC(=O)c1ccc(CC(S)CCCN)c(C)c1. The fourth-order valence-electron chi connectivity index (χ4n) is 1.92. The number of hydrogen-bond acceptors (Lipinski definition) is 4. The summed E-state index contributed by atoms with van der Waals surface area (Å²) in [7, 11) is 7.64. The van der Waals surface area contributed by atoms with Crippen molar-refractivity contribution in [3.05, 3.63) is 34.9 Å². The molecule has 4 nitrogen and oxygen atoms in total. The third kappa shape index (κ3) is 9.07. The first-order valence-electron chi connectivity index (χ1n) is 7.62. The van der Waals surface area contributed by atoms with Gasteiger partial charge in [-0.1, -0.05) is 6.07 Å². The van der Waals surface area contributed by atoms with Gasteiger partial charge < -0.3 is 16.0 Å². The van der Waals surface area contributed by atoms with Crippen molar-refractivity contribution in [1.29, 1.82) is 0 Å². The number of nitrogens with two attached hydrogens (primary N) is 1. The van der Waals surface area contributed by atoms with Crippen LogP contribution >= 0.6 is 12.6 Å². The highest BCUT2D eigenvalue weighted by molar-refractivity contribution is 7.80. The number of rotatable bonds is 6. The van der Waals surface area contributed by atoms with Crippen LogP contribution in [0.5, 0.6) is 0 Å². The second-order valence-corrected chi connectivity index (χ2v) is 6.58. The maximum Gasteiger partial charge on any atom is 0.251 e. The van der Waals surface area contributed by atoms with Crippen molar-refractivity contribution >= 4 is 18.5 Å². The third-order valence-corrected chi connectivity index (χ3v) is 3.47. The van der Waals surface area contributed by atoms with Crippen LogP contribution in [0.1, 0.15) is 34.3 Å². The Bertz CT molecular complexity index is 447. The third-order valence-electron chi connectivity index (χ3n) is 3.03. The summed E-state index contributed by atoms with van der Waals surface area (Å²) in [6.45, 7) is 2.75. The molecule has 0 fully saturated rings. The van der Waals surface area contributed by atoms with Crippen molar-refractivity contribution in [3.63, 3.8) is 0 Å². The van der Waals surface area contributed by atoms with E-state index in [2.05, 4.69) is 17.9 Å². The normalized spacial score (nSPS) is 11.6. The number of hydrogen-bond donors (Lipinski definition) is 3. The number of carbonyl (C=O) groups excluding carboxylic acids is 1. The molecule has 0 radical (unpaired) electrons. The number of carbonyl (C=O) groups is 1. The van der Waals surface area contributed by atoms with Gasteiger partial charge in [0.25, 0.3) is 5.91 Å². The van der Waals surface area contributed by atoms with Gasteiger partial charge in [-0.15, -0.1) is 0 Å². The van der Waals surface area contributed by atoms with Crippen molar-refractivity contribution in [1.82, 2.24) is 10.2 Å². The largest absolute Gasteiger partial charge is 0.355 e. The Hall–Kier alpha value is -1.04. The molecule has 0 spiro atoms. The summed E-state index contributed by atoms with van der Waals surface area (Å²) in [6.07, 6.45) is 2.95. The molecule has 5 heteroatoms. The molecule has 1 aromatic carbocycles. The molecule has 0 heterocycles. The first-order chi connectivity index (χ1) is 10.3. The van der Waals surface area contributed by atoms with E-state index < -0.39 is 0 Å². The molecular formula is C17H31N3OS. The van der Waals surface area contributed by atoms with Gasteiger partial charge in [-0.05, 0) is 77.1 Å². The highest BCUT2D eigenvalue weighted by Crippen LogP contribution is 2.17. The van der Waals surface area contributed by atoms with E-state index in [1.165, 1.54) is 5.56 Å². The van der Waals surface area contributed by atoms with Crippen LogP contribution in [0.25, 0.3) is 0 Å². The van der Waals surface area contributed by atoms with Crippen molar-refractivity contribution in [3.8, 4) is 0 Å². The summed E-state index contributed by atoms with van der Waals surface area (Å²) >= 11 is 4.57. The van der Waals surface area contributed by atoms with Gasteiger partial charge in [0.1, 0.15) is 0 Å². The molecule has 126 valence electrons. The van der Waals surface area contributed by atoms with Crippen LogP contribution in [-0.2, 0) is 6.42 Å². The van der Waals surface area contributed by atoms with Crippen molar-refractivity contribution in [2.24, 2.45) is 5.73 Å². The lowest BCUT2D eigenvalue weighted by Crippen LogP contribution is -2.18. The lowest BCUT2D eigenvalue weighted by atomic mass is 9.99. The molecule has 22 heavy (non-hydrogen) atoms. The van der Waals surface area contributed by atoms with Gasteiger partial charge >= 0.3 is 0 Å². The second-order valence-electron chi connectivity index (χ2n) is 5.85. The summed E-state index contributed by atoms with van der Waals surface area (Å²) in [6, 6.07) is 5.81. The van der Waals surface area contributed by atoms with Crippen molar-refractivity contribution < 1.29 is 4.79 Å². The monoisotopic (exact) mass is 325 g/mol. The van der Waals surface area contributed by atoms with E-state index in [-0.39, 0.29) is 5.91 Å². The number of benzene rings is 1. The van der Waals surface area contributed by atoms with Crippen LogP contribution in [0.4, 0.5) is 0 Å². The molecule has 0 saturated heterocycles. The molecule has 1 amide bonds. The summed E-state index contributed by atoms with van der Waals surface area (Å²) in [5.74, 6) is -0.0461. The maximum absolute atomic E-state index is 11.5. The quantitative estimate of drug-likeness (QED) is 0.702. The molecular weight excluding hydrogens is 294 g/mol. The van der Waals surface area contributed by atoms with E-state index in [1.807, 2.05) is 51.2 Å². The van der Waals surface area contributed by atoms with Crippen LogP contribution in [-0.4, -0.2) is 50.8 Å². The number of aryl methyl sites for hydroxylation is 1. The molecule has 0 aromatic heterocycles. The van der Waals surface area contributed by atoms with E-state index >= 15 is 0 Å². The van der Waals surface area contributed by atoms with E-state index in [0.29, 0.717) is 17.4 Å². The molecule has 1 rings (SSSR count). The second kappa shape index (κ2) is 11.5. The summed E-state index contributed by atoms with van der Waals surface area (Å²) < 4.78 is 0. The van der Waals surface area contributed by atoms with E-state index in [0.717, 1.165) is 24.8 Å². The Labute approximate surface area is 140 Å². The van der Waals surface area contributed by atoms with Gasteiger partial charge in [-0.2, -0.15) is 12.6 Å². The number of thiol groups is 1. The summed E-state index contributed by atoms with van der Waals surface area (Å²) in [4.78, 5) is 13.5. The van der Waals surface area contributed by atoms with E-state index in [4.69, 9.17) is 5.73 Å². The molecule has 1 unspecified atom stereocenters.